The molecule has 2 rings (SSSR count). The molecule has 0 aromatic heterocycles. The van der Waals surface area contributed by atoms with Gasteiger partial charge in [-0.15, -0.1) is 0 Å². The molecule has 0 bridgehead atoms. The quantitative estimate of drug-likeness (QED) is 0.788. The van der Waals surface area contributed by atoms with E-state index in [1.165, 1.54) is 5.56 Å². The lowest BCUT2D eigenvalue weighted by Gasteiger charge is -2.08. The van der Waals surface area contributed by atoms with Crippen molar-refractivity contribution in [1.29, 1.82) is 0 Å². The predicted octanol–water partition coefficient (Wildman–Crippen LogP) is 1.80. The number of benzene rings is 1. The maximum atomic E-state index is 11.5. The summed E-state index contributed by atoms with van der Waals surface area (Å²) < 4.78 is 0. The Bertz CT molecular complexity index is 383. The van der Waals surface area contributed by atoms with Crippen molar-refractivity contribution in [3.63, 3.8) is 0 Å². The molecule has 3 heteroatoms. The third-order valence-corrected chi connectivity index (χ3v) is 2.78. The van der Waals surface area contributed by atoms with Crippen LogP contribution in [0.2, 0.25) is 0 Å². The monoisotopic (exact) mass is 204 g/mol. The standard InChI is InChI=1S/C12H16N2O/c1-8-2-5-11(6-10(8)7-13)14-12(15)9-3-4-9/h2,5-6,9H,3-4,7,13H2,1H3,(H,14,15). The van der Waals surface area contributed by atoms with Crippen LogP contribution in [0.4, 0.5) is 5.69 Å². The van der Waals surface area contributed by atoms with Crippen LogP contribution in [0.15, 0.2) is 18.2 Å². The summed E-state index contributed by atoms with van der Waals surface area (Å²) in [5.41, 5.74) is 8.72. The highest BCUT2D eigenvalue weighted by molar-refractivity contribution is 5.94. The van der Waals surface area contributed by atoms with E-state index in [0.717, 1.165) is 24.1 Å². The van der Waals surface area contributed by atoms with Crippen LogP contribution in [0.3, 0.4) is 0 Å². The Balaban J connectivity index is 2.10. The Hall–Kier alpha value is -1.35. The van der Waals surface area contributed by atoms with Gasteiger partial charge in [0.25, 0.3) is 0 Å². The van der Waals surface area contributed by atoms with Crippen LogP contribution in [-0.4, -0.2) is 5.91 Å². The molecular formula is C12H16N2O. The number of carbonyl (C=O) groups excluding carboxylic acids is 1. The number of hydrogen-bond acceptors (Lipinski definition) is 2. The molecule has 3 nitrogen and oxygen atoms in total. The van der Waals surface area contributed by atoms with Gasteiger partial charge in [-0.1, -0.05) is 6.07 Å². The van der Waals surface area contributed by atoms with Crippen molar-refractivity contribution in [2.45, 2.75) is 26.3 Å². The van der Waals surface area contributed by atoms with E-state index >= 15 is 0 Å². The lowest BCUT2D eigenvalue weighted by atomic mass is 10.1. The summed E-state index contributed by atoms with van der Waals surface area (Å²) in [6.07, 6.45) is 2.06. The Morgan fingerprint density at radius 2 is 2.27 bits per heavy atom. The van der Waals surface area contributed by atoms with E-state index < -0.39 is 0 Å². The predicted molar refractivity (Wildman–Crippen MR) is 60.4 cm³/mol. The van der Waals surface area contributed by atoms with E-state index in [4.69, 9.17) is 5.73 Å². The van der Waals surface area contributed by atoms with Crippen molar-refractivity contribution in [1.82, 2.24) is 0 Å². The average molecular weight is 204 g/mol. The van der Waals surface area contributed by atoms with Crippen LogP contribution in [-0.2, 0) is 11.3 Å². The number of rotatable bonds is 3. The highest BCUT2D eigenvalue weighted by atomic mass is 16.2. The first-order valence-corrected chi connectivity index (χ1v) is 5.31. The molecule has 1 fully saturated rings. The van der Waals surface area contributed by atoms with Gasteiger partial charge in [-0.25, -0.2) is 0 Å². The molecule has 0 atom stereocenters. The van der Waals surface area contributed by atoms with Gasteiger partial charge in [-0.2, -0.15) is 0 Å². The van der Waals surface area contributed by atoms with Gasteiger partial charge >= 0.3 is 0 Å². The van der Waals surface area contributed by atoms with Gasteiger partial charge in [0.05, 0.1) is 0 Å². The lowest BCUT2D eigenvalue weighted by molar-refractivity contribution is -0.117. The molecule has 80 valence electrons. The van der Waals surface area contributed by atoms with Crippen LogP contribution in [0.5, 0.6) is 0 Å². The fourth-order valence-electron chi connectivity index (χ4n) is 1.56. The van der Waals surface area contributed by atoms with Crippen molar-refractivity contribution in [3.05, 3.63) is 29.3 Å². The zero-order chi connectivity index (χ0) is 10.8. The van der Waals surface area contributed by atoms with E-state index in [0.29, 0.717) is 6.54 Å². The highest BCUT2D eigenvalue weighted by Crippen LogP contribution is 2.30. The van der Waals surface area contributed by atoms with Crippen molar-refractivity contribution < 1.29 is 4.79 Å². The van der Waals surface area contributed by atoms with Crippen LogP contribution in [0.25, 0.3) is 0 Å². The molecule has 1 amide bonds. The summed E-state index contributed by atoms with van der Waals surface area (Å²) in [5.74, 6) is 0.384. The first kappa shape index (κ1) is 10.2. The minimum absolute atomic E-state index is 0.141. The van der Waals surface area contributed by atoms with Crippen LogP contribution >= 0.6 is 0 Å². The molecule has 0 heterocycles. The SMILES string of the molecule is Cc1ccc(NC(=O)C2CC2)cc1CN. The van der Waals surface area contributed by atoms with Gasteiger partial charge in [-0.3, -0.25) is 4.79 Å². The van der Waals surface area contributed by atoms with E-state index in [-0.39, 0.29) is 11.8 Å². The van der Waals surface area contributed by atoms with Crippen LogP contribution < -0.4 is 11.1 Å². The number of amides is 1. The molecule has 0 saturated heterocycles. The topological polar surface area (TPSA) is 55.1 Å². The normalized spacial score (nSPS) is 15.1. The van der Waals surface area contributed by atoms with E-state index in [1.54, 1.807) is 0 Å². The van der Waals surface area contributed by atoms with Gasteiger partial charge in [-0.05, 0) is 43.0 Å². The zero-order valence-corrected chi connectivity index (χ0v) is 8.92. The van der Waals surface area contributed by atoms with Crippen molar-refractivity contribution >= 4 is 11.6 Å². The molecule has 1 aromatic carbocycles. The summed E-state index contributed by atoms with van der Waals surface area (Å²) in [7, 11) is 0. The number of aryl methyl sites for hydroxylation is 1. The lowest BCUT2D eigenvalue weighted by Crippen LogP contribution is -2.13. The maximum Gasteiger partial charge on any atom is 0.227 e. The molecule has 1 aromatic rings. The summed E-state index contributed by atoms with van der Waals surface area (Å²) in [6.45, 7) is 2.54. The smallest absolute Gasteiger partial charge is 0.227 e. The minimum Gasteiger partial charge on any atom is -0.326 e. The van der Waals surface area contributed by atoms with Gasteiger partial charge in [0.1, 0.15) is 0 Å². The second kappa shape index (κ2) is 4.03. The number of hydrogen-bond donors (Lipinski definition) is 2. The molecule has 1 saturated carbocycles. The Kier molecular flexibility index (Phi) is 2.73. The Labute approximate surface area is 89.7 Å². The molecule has 0 unspecified atom stereocenters. The molecule has 1 aliphatic carbocycles. The molecule has 1 aliphatic rings. The van der Waals surface area contributed by atoms with Crippen LogP contribution in [0, 0.1) is 12.8 Å². The van der Waals surface area contributed by atoms with Crippen LogP contribution in [0.1, 0.15) is 24.0 Å². The van der Waals surface area contributed by atoms with E-state index in [2.05, 4.69) is 5.32 Å². The van der Waals surface area contributed by atoms with Crippen molar-refractivity contribution in [3.8, 4) is 0 Å². The third kappa shape index (κ3) is 2.36. The molecular weight excluding hydrogens is 188 g/mol. The number of nitrogens with two attached hydrogens (primary N) is 1. The van der Waals surface area contributed by atoms with E-state index in [1.807, 2.05) is 25.1 Å². The summed E-state index contributed by atoms with van der Waals surface area (Å²) in [4.78, 5) is 11.5. The zero-order valence-electron chi connectivity index (χ0n) is 8.92. The molecule has 0 aliphatic heterocycles. The molecule has 0 spiro atoms. The molecule has 0 radical (unpaired) electrons. The number of anilines is 1. The van der Waals surface area contributed by atoms with Gasteiger partial charge < -0.3 is 11.1 Å². The first-order chi connectivity index (χ1) is 7.20. The van der Waals surface area contributed by atoms with Gasteiger partial charge in [0.2, 0.25) is 5.91 Å². The van der Waals surface area contributed by atoms with Gasteiger partial charge in [0, 0.05) is 18.2 Å². The van der Waals surface area contributed by atoms with E-state index in [9.17, 15) is 4.79 Å². The Morgan fingerprint density at radius 1 is 1.53 bits per heavy atom. The Morgan fingerprint density at radius 3 is 2.87 bits per heavy atom. The minimum atomic E-state index is 0.141. The average Bonchev–Trinajstić information content (AvgIpc) is 3.04. The highest BCUT2D eigenvalue weighted by Gasteiger charge is 2.29. The number of nitrogens with one attached hydrogen (secondary N) is 1. The fraction of sp³-hybridized carbons (Fsp3) is 0.417. The summed E-state index contributed by atoms with van der Waals surface area (Å²) in [5, 5.41) is 2.91. The maximum absolute atomic E-state index is 11.5. The summed E-state index contributed by atoms with van der Waals surface area (Å²) >= 11 is 0. The first-order valence-electron chi connectivity index (χ1n) is 5.31. The molecule has 15 heavy (non-hydrogen) atoms. The third-order valence-electron chi connectivity index (χ3n) is 2.78. The number of carbonyl (C=O) groups is 1. The largest absolute Gasteiger partial charge is 0.326 e. The molecule has 3 N–H and O–H groups in total. The van der Waals surface area contributed by atoms with Crippen molar-refractivity contribution in [2.75, 3.05) is 5.32 Å². The second-order valence-corrected chi connectivity index (χ2v) is 4.11. The van der Waals surface area contributed by atoms with Gasteiger partial charge in [0.15, 0.2) is 0 Å². The fourth-order valence-corrected chi connectivity index (χ4v) is 1.56. The second-order valence-electron chi connectivity index (χ2n) is 4.11. The van der Waals surface area contributed by atoms with Crippen molar-refractivity contribution in [2.24, 2.45) is 11.7 Å². The summed E-state index contributed by atoms with van der Waals surface area (Å²) in [6, 6.07) is 5.87.